The maximum Gasteiger partial charge on any atom is 0.236 e. The SMILES string of the molecule is CNCC(=O)N1CCCC(NCc2ccccc2)C1. The number of nitrogens with zero attached hydrogens (tertiary/aromatic N) is 1. The van der Waals surface area contributed by atoms with Crippen LogP contribution < -0.4 is 10.6 Å². The van der Waals surface area contributed by atoms with E-state index in [-0.39, 0.29) is 5.91 Å². The number of benzene rings is 1. The highest BCUT2D eigenvalue weighted by Crippen LogP contribution is 2.11. The molecule has 0 radical (unpaired) electrons. The Labute approximate surface area is 115 Å². The van der Waals surface area contributed by atoms with Gasteiger partial charge < -0.3 is 15.5 Å². The minimum Gasteiger partial charge on any atom is -0.340 e. The third-order valence-electron chi connectivity index (χ3n) is 3.54. The first kappa shape index (κ1) is 14.0. The minimum atomic E-state index is 0.203. The number of piperidine rings is 1. The summed E-state index contributed by atoms with van der Waals surface area (Å²) < 4.78 is 0. The van der Waals surface area contributed by atoms with Crippen molar-refractivity contribution < 1.29 is 4.79 Å². The molecule has 2 rings (SSSR count). The van der Waals surface area contributed by atoms with Crippen molar-refractivity contribution in [2.45, 2.75) is 25.4 Å². The number of rotatable bonds is 5. The fourth-order valence-corrected chi connectivity index (χ4v) is 2.49. The lowest BCUT2D eigenvalue weighted by molar-refractivity contribution is -0.131. The molecule has 1 aromatic rings. The number of carbonyl (C=O) groups is 1. The molecule has 0 aliphatic carbocycles. The van der Waals surface area contributed by atoms with Crippen molar-refractivity contribution >= 4 is 5.91 Å². The average Bonchev–Trinajstić information content (AvgIpc) is 2.47. The van der Waals surface area contributed by atoms with Crippen LogP contribution in [0.5, 0.6) is 0 Å². The standard InChI is InChI=1S/C15H23N3O/c1-16-11-15(19)18-9-5-8-14(12-18)17-10-13-6-3-2-4-7-13/h2-4,6-7,14,16-17H,5,8-12H2,1H3. The van der Waals surface area contributed by atoms with Gasteiger partial charge in [-0.2, -0.15) is 0 Å². The lowest BCUT2D eigenvalue weighted by atomic mass is 10.1. The van der Waals surface area contributed by atoms with Gasteiger partial charge in [0.15, 0.2) is 0 Å². The Morgan fingerprint density at radius 1 is 1.37 bits per heavy atom. The van der Waals surface area contributed by atoms with Gasteiger partial charge in [-0.1, -0.05) is 30.3 Å². The number of hydrogen-bond donors (Lipinski definition) is 2. The highest BCUT2D eigenvalue weighted by molar-refractivity contribution is 5.78. The van der Waals surface area contributed by atoms with E-state index in [0.717, 1.165) is 32.5 Å². The molecule has 1 aromatic carbocycles. The molecule has 2 N–H and O–H groups in total. The van der Waals surface area contributed by atoms with E-state index in [9.17, 15) is 4.79 Å². The predicted molar refractivity (Wildman–Crippen MR) is 76.8 cm³/mol. The van der Waals surface area contributed by atoms with E-state index in [1.165, 1.54) is 5.56 Å². The second-order valence-corrected chi connectivity index (χ2v) is 5.08. The second kappa shape index (κ2) is 7.26. The summed E-state index contributed by atoms with van der Waals surface area (Å²) in [6, 6.07) is 10.8. The molecule has 0 saturated carbocycles. The molecule has 0 bridgehead atoms. The van der Waals surface area contributed by atoms with Crippen LogP contribution in [0.2, 0.25) is 0 Å². The Balaban J connectivity index is 1.79. The number of carbonyl (C=O) groups excluding carboxylic acids is 1. The Morgan fingerprint density at radius 3 is 2.89 bits per heavy atom. The van der Waals surface area contributed by atoms with Gasteiger partial charge >= 0.3 is 0 Å². The molecule has 1 amide bonds. The highest BCUT2D eigenvalue weighted by Gasteiger charge is 2.22. The summed E-state index contributed by atoms with van der Waals surface area (Å²) in [6.07, 6.45) is 2.23. The molecular formula is C15H23N3O. The van der Waals surface area contributed by atoms with Crippen molar-refractivity contribution in [3.8, 4) is 0 Å². The molecular weight excluding hydrogens is 238 g/mol. The maximum absolute atomic E-state index is 11.9. The van der Waals surface area contributed by atoms with Crippen LogP contribution in [0.3, 0.4) is 0 Å². The van der Waals surface area contributed by atoms with E-state index in [1.54, 1.807) is 0 Å². The molecule has 1 saturated heterocycles. The number of hydrogen-bond acceptors (Lipinski definition) is 3. The monoisotopic (exact) mass is 261 g/mol. The molecule has 1 heterocycles. The third-order valence-corrected chi connectivity index (χ3v) is 3.54. The second-order valence-electron chi connectivity index (χ2n) is 5.08. The summed E-state index contributed by atoms with van der Waals surface area (Å²) in [5.74, 6) is 0.203. The predicted octanol–water partition coefficient (Wildman–Crippen LogP) is 0.987. The summed E-state index contributed by atoms with van der Waals surface area (Å²) in [5.41, 5.74) is 1.29. The van der Waals surface area contributed by atoms with Crippen molar-refractivity contribution in [3.63, 3.8) is 0 Å². The summed E-state index contributed by atoms with van der Waals surface area (Å²) in [4.78, 5) is 13.8. The van der Waals surface area contributed by atoms with Crippen LogP contribution in [0.1, 0.15) is 18.4 Å². The quantitative estimate of drug-likeness (QED) is 0.830. The Bertz CT molecular complexity index is 394. The normalized spacial score (nSPS) is 19.4. The number of likely N-dealkylation sites (tertiary alicyclic amines) is 1. The van der Waals surface area contributed by atoms with Crippen LogP contribution in [0, 0.1) is 0 Å². The van der Waals surface area contributed by atoms with Crippen molar-refractivity contribution in [3.05, 3.63) is 35.9 Å². The largest absolute Gasteiger partial charge is 0.340 e. The van der Waals surface area contributed by atoms with Gasteiger partial charge in [0, 0.05) is 25.7 Å². The van der Waals surface area contributed by atoms with Crippen molar-refractivity contribution in [1.29, 1.82) is 0 Å². The smallest absolute Gasteiger partial charge is 0.236 e. The average molecular weight is 261 g/mol. The molecule has 104 valence electrons. The number of amides is 1. The van der Waals surface area contributed by atoms with E-state index in [1.807, 2.05) is 18.0 Å². The van der Waals surface area contributed by atoms with Gasteiger partial charge in [0.1, 0.15) is 0 Å². The molecule has 1 aliphatic rings. The summed E-state index contributed by atoms with van der Waals surface area (Å²) in [5, 5.41) is 6.48. The topological polar surface area (TPSA) is 44.4 Å². The zero-order chi connectivity index (χ0) is 13.5. The van der Waals surface area contributed by atoms with E-state index in [2.05, 4.69) is 34.9 Å². The van der Waals surface area contributed by atoms with Gasteiger partial charge in [0.25, 0.3) is 0 Å². The zero-order valence-electron chi connectivity index (χ0n) is 11.6. The zero-order valence-corrected chi connectivity index (χ0v) is 11.6. The van der Waals surface area contributed by atoms with Crippen LogP contribution in [0.4, 0.5) is 0 Å². The summed E-state index contributed by atoms with van der Waals surface area (Å²) in [7, 11) is 1.81. The van der Waals surface area contributed by atoms with Gasteiger partial charge in [-0.15, -0.1) is 0 Å². The van der Waals surface area contributed by atoms with Crippen molar-refractivity contribution in [2.75, 3.05) is 26.7 Å². The minimum absolute atomic E-state index is 0.203. The Morgan fingerprint density at radius 2 is 2.16 bits per heavy atom. The molecule has 0 aromatic heterocycles. The molecule has 4 nitrogen and oxygen atoms in total. The van der Waals surface area contributed by atoms with E-state index in [4.69, 9.17) is 0 Å². The van der Waals surface area contributed by atoms with Gasteiger partial charge in [-0.25, -0.2) is 0 Å². The third kappa shape index (κ3) is 4.33. The first-order chi connectivity index (χ1) is 9.29. The Hall–Kier alpha value is -1.39. The van der Waals surface area contributed by atoms with Gasteiger partial charge in [0.2, 0.25) is 5.91 Å². The summed E-state index contributed by atoms with van der Waals surface area (Å²) >= 11 is 0. The first-order valence-corrected chi connectivity index (χ1v) is 6.99. The molecule has 1 atom stereocenters. The van der Waals surface area contributed by atoms with E-state index < -0.39 is 0 Å². The van der Waals surface area contributed by atoms with Crippen LogP contribution in [-0.4, -0.2) is 43.5 Å². The molecule has 1 aliphatic heterocycles. The fraction of sp³-hybridized carbons (Fsp3) is 0.533. The van der Waals surface area contributed by atoms with Crippen LogP contribution in [0.25, 0.3) is 0 Å². The molecule has 0 spiro atoms. The van der Waals surface area contributed by atoms with Crippen molar-refractivity contribution in [2.24, 2.45) is 0 Å². The van der Waals surface area contributed by atoms with E-state index >= 15 is 0 Å². The highest BCUT2D eigenvalue weighted by atomic mass is 16.2. The number of likely N-dealkylation sites (N-methyl/N-ethyl adjacent to an activating group) is 1. The van der Waals surface area contributed by atoms with Crippen LogP contribution in [0.15, 0.2) is 30.3 Å². The lowest BCUT2D eigenvalue weighted by Crippen LogP contribution is -2.49. The van der Waals surface area contributed by atoms with E-state index in [0.29, 0.717) is 12.6 Å². The summed E-state index contributed by atoms with van der Waals surface area (Å²) in [6.45, 7) is 3.03. The maximum atomic E-state index is 11.9. The molecule has 1 fully saturated rings. The fourth-order valence-electron chi connectivity index (χ4n) is 2.49. The lowest BCUT2D eigenvalue weighted by Gasteiger charge is -2.33. The van der Waals surface area contributed by atoms with Gasteiger partial charge in [0.05, 0.1) is 6.54 Å². The molecule has 4 heteroatoms. The molecule has 19 heavy (non-hydrogen) atoms. The number of nitrogens with one attached hydrogen (secondary N) is 2. The van der Waals surface area contributed by atoms with Crippen LogP contribution in [-0.2, 0) is 11.3 Å². The van der Waals surface area contributed by atoms with Gasteiger partial charge in [-0.05, 0) is 25.5 Å². The van der Waals surface area contributed by atoms with Crippen molar-refractivity contribution in [1.82, 2.24) is 15.5 Å². The first-order valence-electron chi connectivity index (χ1n) is 6.99. The Kier molecular flexibility index (Phi) is 5.36. The van der Waals surface area contributed by atoms with Gasteiger partial charge in [-0.3, -0.25) is 4.79 Å². The molecule has 1 unspecified atom stereocenters. The van der Waals surface area contributed by atoms with Crippen LogP contribution >= 0.6 is 0 Å².